The lowest BCUT2D eigenvalue weighted by Gasteiger charge is -2.29. The Labute approximate surface area is 129 Å². The zero-order valence-corrected chi connectivity index (χ0v) is 12.2. The van der Waals surface area contributed by atoms with Crippen LogP contribution in [-0.2, 0) is 17.8 Å². The number of fused-ring (bicyclic) bond motifs is 1. The second kappa shape index (κ2) is 6.43. The first-order chi connectivity index (χ1) is 10.8. The van der Waals surface area contributed by atoms with Gasteiger partial charge >= 0.3 is 0 Å². The predicted octanol–water partition coefficient (Wildman–Crippen LogP) is 2.46. The van der Waals surface area contributed by atoms with Gasteiger partial charge in [0.25, 0.3) is 5.91 Å². The quantitative estimate of drug-likeness (QED) is 0.814. The maximum absolute atomic E-state index is 12.6. The van der Waals surface area contributed by atoms with Crippen molar-refractivity contribution >= 4 is 12.2 Å². The van der Waals surface area contributed by atoms with Crippen molar-refractivity contribution in [3.8, 4) is 5.75 Å². The van der Waals surface area contributed by atoms with Crippen molar-refractivity contribution in [1.82, 2.24) is 4.90 Å². The highest BCUT2D eigenvalue weighted by atomic mass is 16.5. The van der Waals surface area contributed by atoms with Crippen LogP contribution in [0.3, 0.4) is 0 Å². The van der Waals surface area contributed by atoms with E-state index >= 15 is 0 Å². The minimum absolute atomic E-state index is 0.00522. The molecule has 4 heteroatoms. The van der Waals surface area contributed by atoms with Gasteiger partial charge in [0, 0.05) is 18.7 Å². The molecule has 4 nitrogen and oxygen atoms in total. The van der Waals surface area contributed by atoms with E-state index in [4.69, 9.17) is 4.74 Å². The normalized spacial score (nSPS) is 13.4. The minimum atomic E-state index is -0.00828. The standard InChI is InChI=1S/C18H17NO3/c20-10-11-22-17-7-3-6-15(12-17)18(21)19-9-8-14-4-1-2-5-16(14)13-19/h1-7,10,12H,8-9,11,13H2. The van der Waals surface area contributed by atoms with E-state index in [0.717, 1.165) is 13.0 Å². The summed E-state index contributed by atoms with van der Waals surface area (Å²) in [5.74, 6) is 0.529. The van der Waals surface area contributed by atoms with Gasteiger partial charge in [-0.3, -0.25) is 9.59 Å². The second-order valence-electron chi connectivity index (χ2n) is 5.25. The number of nitrogens with zero attached hydrogens (tertiary/aromatic N) is 1. The predicted molar refractivity (Wildman–Crippen MR) is 82.9 cm³/mol. The molecule has 1 aliphatic rings. The highest BCUT2D eigenvalue weighted by Gasteiger charge is 2.21. The highest BCUT2D eigenvalue weighted by molar-refractivity contribution is 5.94. The van der Waals surface area contributed by atoms with Crippen LogP contribution in [0.25, 0.3) is 0 Å². The summed E-state index contributed by atoms with van der Waals surface area (Å²) < 4.78 is 5.25. The van der Waals surface area contributed by atoms with Crippen molar-refractivity contribution in [2.75, 3.05) is 13.2 Å². The van der Waals surface area contributed by atoms with Crippen LogP contribution < -0.4 is 4.74 Å². The van der Waals surface area contributed by atoms with Crippen LogP contribution in [0.15, 0.2) is 48.5 Å². The summed E-state index contributed by atoms with van der Waals surface area (Å²) in [5, 5.41) is 0. The average Bonchev–Trinajstić information content (AvgIpc) is 2.59. The van der Waals surface area contributed by atoms with Gasteiger partial charge in [0.05, 0.1) is 0 Å². The molecule has 0 aliphatic carbocycles. The van der Waals surface area contributed by atoms with E-state index in [9.17, 15) is 9.59 Å². The fourth-order valence-corrected chi connectivity index (χ4v) is 2.70. The van der Waals surface area contributed by atoms with Crippen molar-refractivity contribution in [1.29, 1.82) is 0 Å². The number of hydrogen-bond donors (Lipinski definition) is 0. The Hall–Kier alpha value is -2.62. The molecule has 0 saturated carbocycles. The smallest absolute Gasteiger partial charge is 0.254 e. The van der Waals surface area contributed by atoms with Crippen LogP contribution in [0, 0.1) is 0 Å². The lowest BCUT2D eigenvalue weighted by molar-refractivity contribution is -0.109. The lowest BCUT2D eigenvalue weighted by Crippen LogP contribution is -2.35. The first-order valence-corrected chi connectivity index (χ1v) is 7.30. The molecule has 0 atom stereocenters. The molecule has 1 amide bonds. The molecule has 0 bridgehead atoms. The number of rotatable bonds is 4. The van der Waals surface area contributed by atoms with Gasteiger partial charge in [-0.1, -0.05) is 30.3 Å². The number of amides is 1. The van der Waals surface area contributed by atoms with Crippen molar-refractivity contribution in [3.05, 3.63) is 65.2 Å². The first kappa shape index (κ1) is 14.3. The molecule has 0 saturated heterocycles. The van der Waals surface area contributed by atoms with Crippen molar-refractivity contribution < 1.29 is 14.3 Å². The van der Waals surface area contributed by atoms with Crippen molar-refractivity contribution in [2.24, 2.45) is 0 Å². The van der Waals surface area contributed by atoms with E-state index < -0.39 is 0 Å². The third-order valence-electron chi connectivity index (χ3n) is 3.82. The van der Waals surface area contributed by atoms with Crippen molar-refractivity contribution in [3.63, 3.8) is 0 Å². The van der Waals surface area contributed by atoms with Gasteiger partial charge in [-0.15, -0.1) is 0 Å². The monoisotopic (exact) mass is 295 g/mol. The SMILES string of the molecule is O=CCOc1cccc(C(=O)N2CCc3ccccc3C2)c1. The third-order valence-corrected chi connectivity index (χ3v) is 3.82. The Morgan fingerprint density at radius 3 is 2.77 bits per heavy atom. The Bertz CT molecular complexity index is 696. The van der Waals surface area contributed by atoms with E-state index in [2.05, 4.69) is 12.1 Å². The second-order valence-corrected chi connectivity index (χ2v) is 5.25. The Morgan fingerprint density at radius 2 is 1.95 bits per heavy atom. The molecule has 1 aliphatic heterocycles. The number of carbonyl (C=O) groups is 2. The Kier molecular flexibility index (Phi) is 4.19. The minimum Gasteiger partial charge on any atom is -0.486 e. The van der Waals surface area contributed by atoms with Gasteiger partial charge in [0.2, 0.25) is 0 Å². The maximum Gasteiger partial charge on any atom is 0.254 e. The molecule has 112 valence electrons. The maximum atomic E-state index is 12.6. The zero-order chi connectivity index (χ0) is 15.4. The zero-order valence-electron chi connectivity index (χ0n) is 12.2. The average molecular weight is 295 g/mol. The Balaban J connectivity index is 1.76. The fourth-order valence-electron chi connectivity index (χ4n) is 2.70. The number of carbonyl (C=O) groups excluding carboxylic acids is 2. The van der Waals surface area contributed by atoms with Gasteiger partial charge in [-0.2, -0.15) is 0 Å². The van der Waals surface area contributed by atoms with Crippen LogP contribution in [0.4, 0.5) is 0 Å². The molecule has 22 heavy (non-hydrogen) atoms. The van der Waals surface area contributed by atoms with Crippen LogP contribution in [-0.4, -0.2) is 30.2 Å². The number of ether oxygens (including phenoxy) is 1. The van der Waals surface area contributed by atoms with E-state index in [0.29, 0.717) is 24.1 Å². The molecule has 0 fully saturated rings. The summed E-state index contributed by atoms with van der Waals surface area (Å²) >= 11 is 0. The van der Waals surface area contributed by atoms with Crippen LogP contribution in [0.2, 0.25) is 0 Å². The van der Waals surface area contributed by atoms with E-state index in [1.165, 1.54) is 11.1 Å². The van der Waals surface area contributed by atoms with Crippen LogP contribution >= 0.6 is 0 Å². The van der Waals surface area contributed by atoms with Crippen LogP contribution in [0.5, 0.6) is 5.75 Å². The van der Waals surface area contributed by atoms with E-state index in [-0.39, 0.29) is 12.5 Å². The number of aldehydes is 1. The lowest BCUT2D eigenvalue weighted by atomic mass is 9.99. The van der Waals surface area contributed by atoms with Crippen LogP contribution in [0.1, 0.15) is 21.5 Å². The van der Waals surface area contributed by atoms with Gasteiger partial charge in [0.15, 0.2) is 6.29 Å². The van der Waals surface area contributed by atoms with E-state index in [1.807, 2.05) is 17.0 Å². The van der Waals surface area contributed by atoms with Gasteiger partial charge < -0.3 is 9.64 Å². The fraction of sp³-hybridized carbons (Fsp3) is 0.222. The molecule has 1 heterocycles. The van der Waals surface area contributed by atoms with E-state index in [1.54, 1.807) is 24.3 Å². The first-order valence-electron chi connectivity index (χ1n) is 7.30. The largest absolute Gasteiger partial charge is 0.486 e. The number of hydrogen-bond acceptors (Lipinski definition) is 3. The molecule has 0 unspecified atom stereocenters. The molecule has 0 N–H and O–H groups in total. The molecule has 2 aromatic rings. The third kappa shape index (κ3) is 3.01. The summed E-state index contributed by atoms with van der Waals surface area (Å²) in [6.45, 7) is 1.35. The van der Waals surface area contributed by atoms with Crippen molar-refractivity contribution in [2.45, 2.75) is 13.0 Å². The number of benzene rings is 2. The van der Waals surface area contributed by atoms with Gasteiger partial charge in [-0.05, 0) is 35.7 Å². The highest BCUT2D eigenvalue weighted by Crippen LogP contribution is 2.21. The summed E-state index contributed by atoms with van der Waals surface area (Å²) in [7, 11) is 0. The summed E-state index contributed by atoms with van der Waals surface area (Å²) in [6.07, 6.45) is 1.57. The molecule has 2 aromatic carbocycles. The summed E-state index contributed by atoms with van der Waals surface area (Å²) in [5.41, 5.74) is 3.10. The molecular formula is C18H17NO3. The van der Waals surface area contributed by atoms with Gasteiger partial charge in [-0.25, -0.2) is 0 Å². The van der Waals surface area contributed by atoms with Gasteiger partial charge in [0.1, 0.15) is 12.4 Å². The molecule has 0 aromatic heterocycles. The summed E-state index contributed by atoms with van der Waals surface area (Å²) in [4.78, 5) is 24.8. The summed E-state index contributed by atoms with van der Waals surface area (Å²) in [6, 6.07) is 15.2. The molecule has 0 spiro atoms. The molecule has 3 rings (SSSR count). The molecular weight excluding hydrogens is 278 g/mol. The Morgan fingerprint density at radius 1 is 1.14 bits per heavy atom. The molecule has 0 radical (unpaired) electrons. The topological polar surface area (TPSA) is 46.6 Å².